The van der Waals surface area contributed by atoms with Gasteiger partial charge in [-0.25, -0.2) is 13.2 Å². The summed E-state index contributed by atoms with van der Waals surface area (Å²) in [5, 5.41) is 21.6. The first-order valence-corrected chi connectivity index (χ1v) is 14.0. The average molecular weight is 561 g/mol. The average Bonchev–Trinajstić information content (AvgIpc) is 2.90. The Labute approximate surface area is 229 Å². The minimum absolute atomic E-state index is 0.147. The summed E-state index contributed by atoms with van der Waals surface area (Å²) in [5.41, 5.74) is 0.691. The predicted molar refractivity (Wildman–Crippen MR) is 142 cm³/mol. The Morgan fingerprint density at radius 2 is 1.97 bits per heavy atom. The van der Waals surface area contributed by atoms with Gasteiger partial charge in [0, 0.05) is 33.7 Å². The number of methoxy groups -OCH3 is 1. The molecule has 0 bridgehead atoms. The predicted octanol–water partition coefficient (Wildman–Crippen LogP) is 5.82. The van der Waals surface area contributed by atoms with E-state index in [1.807, 2.05) is 0 Å². The fraction of sp³-hybridized carbons (Fsp3) is 0.448. The molecule has 0 radical (unpaired) electrons. The van der Waals surface area contributed by atoms with E-state index in [4.69, 9.17) is 4.74 Å². The van der Waals surface area contributed by atoms with E-state index in [1.165, 1.54) is 24.9 Å². The molecule has 0 spiro atoms. The number of rotatable bonds is 9. The zero-order valence-corrected chi connectivity index (χ0v) is 22.3. The minimum atomic E-state index is -1.11. The molecule has 10 heteroatoms. The monoisotopic (exact) mass is 560 g/mol. The normalized spacial score (nSPS) is 24.3. The lowest BCUT2D eigenvalue weighted by Crippen LogP contribution is -2.53. The van der Waals surface area contributed by atoms with Gasteiger partial charge in [0.1, 0.15) is 23.2 Å². The highest BCUT2D eigenvalue weighted by molar-refractivity contribution is 8.00. The third-order valence-electron chi connectivity index (χ3n) is 8.09. The van der Waals surface area contributed by atoms with E-state index in [1.54, 1.807) is 18.2 Å². The highest BCUT2D eigenvalue weighted by Crippen LogP contribution is 2.42. The van der Waals surface area contributed by atoms with Gasteiger partial charge in [-0.2, -0.15) is 0 Å². The van der Waals surface area contributed by atoms with Crippen molar-refractivity contribution in [2.45, 2.75) is 54.4 Å². The largest absolute Gasteiger partial charge is 0.497 e. The maximum atomic E-state index is 14.8. The summed E-state index contributed by atoms with van der Waals surface area (Å²) in [6, 6.07) is 8.73. The number of pyridine rings is 1. The summed E-state index contributed by atoms with van der Waals surface area (Å²) >= 11 is 1.33. The summed E-state index contributed by atoms with van der Waals surface area (Å²) in [4.78, 5) is 18.8. The van der Waals surface area contributed by atoms with E-state index >= 15 is 0 Å². The van der Waals surface area contributed by atoms with Gasteiger partial charge < -0.3 is 14.9 Å². The summed E-state index contributed by atoms with van der Waals surface area (Å²) < 4.78 is 47.5. The molecule has 2 aromatic carbocycles. The van der Waals surface area contributed by atoms with Crippen molar-refractivity contribution in [3.8, 4) is 5.75 Å². The van der Waals surface area contributed by atoms with Crippen molar-refractivity contribution in [1.29, 1.82) is 0 Å². The van der Waals surface area contributed by atoms with Crippen LogP contribution in [-0.4, -0.2) is 57.6 Å². The van der Waals surface area contributed by atoms with Gasteiger partial charge in [0.15, 0.2) is 0 Å². The van der Waals surface area contributed by atoms with Crippen molar-refractivity contribution in [1.82, 2.24) is 9.88 Å². The molecule has 39 heavy (non-hydrogen) atoms. The van der Waals surface area contributed by atoms with Crippen molar-refractivity contribution in [3.05, 3.63) is 65.6 Å². The summed E-state index contributed by atoms with van der Waals surface area (Å²) in [6.07, 6.45) is 2.89. The molecule has 1 aromatic heterocycles. The number of aliphatic hydroxyl groups is 1. The Morgan fingerprint density at radius 3 is 2.72 bits per heavy atom. The molecule has 1 saturated carbocycles. The lowest BCUT2D eigenvalue weighted by molar-refractivity contribution is -0.147. The van der Waals surface area contributed by atoms with Gasteiger partial charge in [-0.15, -0.1) is 11.8 Å². The van der Waals surface area contributed by atoms with Crippen LogP contribution in [0.25, 0.3) is 10.9 Å². The first kappa shape index (κ1) is 27.7. The number of aromatic nitrogens is 1. The van der Waals surface area contributed by atoms with Crippen molar-refractivity contribution < 1.29 is 32.9 Å². The van der Waals surface area contributed by atoms with Crippen molar-refractivity contribution in [3.63, 3.8) is 0 Å². The van der Waals surface area contributed by atoms with Gasteiger partial charge in [0.05, 0.1) is 30.8 Å². The SMILES string of the molecule is COc1ccc2ncc(F)c(C(O)CC[C@@H]3CCN(C4CC(Sc5cc(F)ccc5F)C4)C[C@@H]3C(=O)O)c2c1. The van der Waals surface area contributed by atoms with E-state index in [-0.39, 0.29) is 29.2 Å². The van der Waals surface area contributed by atoms with E-state index in [0.29, 0.717) is 40.9 Å². The molecule has 2 heterocycles. The minimum Gasteiger partial charge on any atom is -0.497 e. The molecule has 0 amide bonds. The summed E-state index contributed by atoms with van der Waals surface area (Å²) in [5.74, 6) is -2.61. The number of aliphatic hydroxyl groups excluding tert-OH is 1. The number of benzene rings is 2. The Morgan fingerprint density at radius 1 is 1.18 bits per heavy atom. The second-order valence-corrected chi connectivity index (χ2v) is 11.8. The smallest absolute Gasteiger partial charge is 0.308 e. The van der Waals surface area contributed by atoms with Gasteiger partial charge in [-0.05, 0) is 81.0 Å². The molecule has 3 atom stereocenters. The van der Waals surface area contributed by atoms with Gasteiger partial charge in [-0.3, -0.25) is 14.7 Å². The molecule has 3 aromatic rings. The number of aliphatic carboxylic acids is 1. The van der Waals surface area contributed by atoms with Crippen LogP contribution in [0.15, 0.2) is 47.5 Å². The molecule has 6 nitrogen and oxygen atoms in total. The zero-order chi connectivity index (χ0) is 27.7. The summed E-state index contributed by atoms with van der Waals surface area (Å²) in [6.45, 7) is 1.13. The number of piperidine rings is 1. The van der Waals surface area contributed by atoms with Crippen LogP contribution < -0.4 is 4.74 Å². The van der Waals surface area contributed by atoms with Crippen LogP contribution in [0.5, 0.6) is 5.75 Å². The molecule has 1 aliphatic heterocycles. The van der Waals surface area contributed by atoms with Crippen LogP contribution in [-0.2, 0) is 4.79 Å². The Kier molecular flexibility index (Phi) is 8.35. The maximum Gasteiger partial charge on any atom is 0.308 e. The lowest BCUT2D eigenvalue weighted by Gasteiger charge is -2.47. The Balaban J connectivity index is 1.19. The number of carboxylic acid groups (broad SMARTS) is 1. The highest BCUT2D eigenvalue weighted by Gasteiger charge is 2.41. The first-order valence-electron chi connectivity index (χ1n) is 13.1. The third kappa shape index (κ3) is 6.02. The van der Waals surface area contributed by atoms with Crippen LogP contribution in [0.4, 0.5) is 13.2 Å². The second kappa shape index (κ2) is 11.7. The molecule has 208 valence electrons. The number of likely N-dealkylation sites (tertiary alicyclic amines) is 1. The number of halogens is 3. The van der Waals surface area contributed by atoms with E-state index in [2.05, 4.69) is 9.88 Å². The molecule has 1 saturated heterocycles. The van der Waals surface area contributed by atoms with Crippen LogP contribution >= 0.6 is 11.8 Å². The molecule has 5 rings (SSSR count). The van der Waals surface area contributed by atoms with E-state index < -0.39 is 35.4 Å². The lowest BCUT2D eigenvalue weighted by atomic mass is 9.79. The molecular weight excluding hydrogens is 529 g/mol. The van der Waals surface area contributed by atoms with Gasteiger partial charge in [0.25, 0.3) is 0 Å². The number of carboxylic acids is 1. The zero-order valence-electron chi connectivity index (χ0n) is 21.5. The standard InChI is InChI=1S/C29H31F3N2O4S/c1-38-19-4-6-25-21(13-19)28(24(32)14-33-25)26(35)7-2-16-8-9-34(15-22(16)29(36)37)18-11-20(12-18)39-27-10-17(30)3-5-23(27)31/h3-6,10,13-14,16,18,20,22,26,35H,2,7-9,11-12,15H2,1H3,(H,36,37)/t16-,18?,20?,22+,26?/m1/s1. The summed E-state index contributed by atoms with van der Waals surface area (Å²) in [7, 11) is 1.51. The number of ether oxygens (including phenoxy) is 1. The molecule has 2 N–H and O–H groups in total. The van der Waals surface area contributed by atoms with Crippen LogP contribution in [0.3, 0.4) is 0 Å². The number of hydrogen-bond donors (Lipinski definition) is 2. The van der Waals surface area contributed by atoms with Gasteiger partial charge in [0.2, 0.25) is 0 Å². The number of fused-ring (bicyclic) bond motifs is 1. The Bertz CT molecular complexity index is 1350. The molecule has 1 unspecified atom stereocenters. The van der Waals surface area contributed by atoms with Crippen LogP contribution in [0, 0.1) is 29.3 Å². The Hall–Kier alpha value is -2.82. The van der Waals surface area contributed by atoms with E-state index in [0.717, 1.165) is 37.7 Å². The first-order chi connectivity index (χ1) is 18.7. The van der Waals surface area contributed by atoms with Gasteiger partial charge in [-0.1, -0.05) is 0 Å². The molecule has 2 aliphatic rings. The number of carbonyl (C=O) groups is 1. The van der Waals surface area contributed by atoms with Crippen molar-refractivity contribution in [2.24, 2.45) is 11.8 Å². The van der Waals surface area contributed by atoms with Crippen LogP contribution in [0.1, 0.15) is 43.8 Å². The fourth-order valence-electron chi connectivity index (χ4n) is 5.81. The van der Waals surface area contributed by atoms with Crippen LogP contribution in [0.2, 0.25) is 0 Å². The fourth-order valence-corrected chi connectivity index (χ4v) is 7.17. The number of hydrogen-bond acceptors (Lipinski definition) is 6. The van der Waals surface area contributed by atoms with Gasteiger partial charge >= 0.3 is 5.97 Å². The molecular formula is C29H31F3N2O4S. The highest BCUT2D eigenvalue weighted by atomic mass is 32.2. The number of thioether (sulfide) groups is 1. The second-order valence-electron chi connectivity index (χ2n) is 10.4. The topological polar surface area (TPSA) is 82.9 Å². The van der Waals surface area contributed by atoms with E-state index in [9.17, 15) is 28.2 Å². The van der Waals surface area contributed by atoms with Crippen molar-refractivity contribution >= 4 is 28.6 Å². The van der Waals surface area contributed by atoms with Crippen molar-refractivity contribution in [2.75, 3.05) is 20.2 Å². The molecule has 2 fully saturated rings. The number of nitrogens with zero attached hydrogens (tertiary/aromatic N) is 2. The quantitative estimate of drug-likeness (QED) is 0.341. The molecule has 1 aliphatic carbocycles. The maximum absolute atomic E-state index is 14.8. The third-order valence-corrected chi connectivity index (χ3v) is 9.38.